The number of rotatable bonds is 8. The minimum absolute atomic E-state index is 0.0176. The molecule has 0 heterocycles. The summed E-state index contributed by atoms with van der Waals surface area (Å²) in [5, 5.41) is 2.87. The molecule has 1 N–H and O–H groups in total. The van der Waals surface area contributed by atoms with Gasteiger partial charge in [0.1, 0.15) is 5.75 Å². The molecule has 0 bridgehead atoms. The summed E-state index contributed by atoms with van der Waals surface area (Å²) in [6, 6.07) is 23.3. The SMILES string of the molecule is O=C(Nc1cccc(CS(=O)(=O)Cc2ccccc2)c1)c1ccccc1OC1CCC1. The van der Waals surface area contributed by atoms with Crippen molar-refractivity contribution in [2.75, 3.05) is 5.32 Å². The first-order chi connectivity index (χ1) is 15.0. The summed E-state index contributed by atoms with van der Waals surface area (Å²) in [4.78, 5) is 12.9. The molecule has 31 heavy (non-hydrogen) atoms. The second-order valence-corrected chi connectivity index (χ2v) is 9.90. The zero-order chi connectivity index (χ0) is 21.7. The molecule has 6 heteroatoms. The Morgan fingerprint density at radius 2 is 1.55 bits per heavy atom. The fraction of sp³-hybridized carbons (Fsp3) is 0.240. The molecular weight excluding hydrogens is 410 g/mol. The third-order valence-electron chi connectivity index (χ3n) is 5.28. The highest BCUT2D eigenvalue weighted by molar-refractivity contribution is 7.89. The monoisotopic (exact) mass is 435 g/mol. The molecule has 3 aromatic rings. The smallest absolute Gasteiger partial charge is 0.259 e. The molecule has 1 fully saturated rings. The molecule has 0 radical (unpaired) electrons. The van der Waals surface area contributed by atoms with Gasteiger partial charge in [-0.25, -0.2) is 8.42 Å². The summed E-state index contributed by atoms with van der Waals surface area (Å²) in [5.41, 5.74) is 2.41. The van der Waals surface area contributed by atoms with Crippen molar-refractivity contribution in [1.29, 1.82) is 0 Å². The van der Waals surface area contributed by atoms with E-state index in [1.165, 1.54) is 0 Å². The predicted octanol–water partition coefficient (Wildman–Crippen LogP) is 4.99. The van der Waals surface area contributed by atoms with Gasteiger partial charge in [0, 0.05) is 5.69 Å². The maximum absolute atomic E-state index is 12.9. The molecule has 3 aromatic carbocycles. The van der Waals surface area contributed by atoms with E-state index in [0.717, 1.165) is 24.8 Å². The van der Waals surface area contributed by atoms with E-state index in [2.05, 4.69) is 5.32 Å². The largest absolute Gasteiger partial charge is 0.490 e. The number of carbonyl (C=O) groups excluding carboxylic acids is 1. The van der Waals surface area contributed by atoms with Crippen LogP contribution in [0.1, 0.15) is 40.7 Å². The molecule has 1 saturated carbocycles. The Hall–Kier alpha value is -3.12. The average Bonchev–Trinajstić information content (AvgIpc) is 2.71. The van der Waals surface area contributed by atoms with Crippen molar-refractivity contribution in [3.63, 3.8) is 0 Å². The topological polar surface area (TPSA) is 72.5 Å². The maximum Gasteiger partial charge on any atom is 0.259 e. The van der Waals surface area contributed by atoms with Gasteiger partial charge in [0.25, 0.3) is 5.91 Å². The van der Waals surface area contributed by atoms with Gasteiger partial charge < -0.3 is 10.1 Å². The lowest BCUT2D eigenvalue weighted by Gasteiger charge is -2.27. The normalized spacial score (nSPS) is 13.9. The Bertz CT molecular complexity index is 1150. The molecule has 5 nitrogen and oxygen atoms in total. The summed E-state index contributed by atoms with van der Waals surface area (Å²) in [5.74, 6) is 0.189. The first kappa shape index (κ1) is 21.1. The molecule has 0 atom stereocenters. The van der Waals surface area contributed by atoms with E-state index in [4.69, 9.17) is 4.74 Å². The van der Waals surface area contributed by atoms with Crippen molar-refractivity contribution in [3.05, 3.63) is 95.6 Å². The Morgan fingerprint density at radius 3 is 2.29 bits per heavy atom. The highest BCUT2D eigenvalue weighted by Crippen LogP contribution is 2.28. The molecule has 0 unspecified atom stereocenters. The van der Waals surface area contributed by atoms with Crippen LogP contribution in [0.5, 0.6) is 5.75 Å². The third kappa shape index (κ3) is 5.73. The third-order valence-corrected chi connectivity index (χ3v) is 6.82. The van der Waals surface area contributed by atoms with Gasteiger partial charge in [0.2, 0.25) is 0 Å². The fourth-order valence-electron chi connectivity index (χ4n) is 3.50. The number of benzene rings is 3. The van der Waals surface area contributed by atoms with Gasteiger partial charge in [0.05, 0.1) is 23.2 Å². The van der Waals surface area contributed by atoms with Crippen LogP contribution in [-0.2, 0) is 21.3 Å². The molecule has 0 aromatic heterocycles. The van der Waals surface area contributed by atoms with Crippen LogP contribution < -0.4 is 10.1 Å². The van der Waals surface area contributed by atoms with Crippen molar-refractivity contribution in [2.45, 2.75) is 36.9 Å². The number of hydrogen-bond acceptors (Lipinski definition) is 4. The lowest BCUT2D eigenvalue weighted by atomic mass is 9.96. The standard InChI is InChI=1S/C25H25NO4S/c27-25(23-14-4-5-15-24(23)30-22-12-7-13-22)26-21-11-6-10-20(16-21)18-31(28,29)17-19-8-2-1-3-9-19/h1-6,8-11,14-16,22H,7,12-13,17-18H2,(H,26,27). The van der Waals surface area contributed by atoms with E-state index in [1.54, 1.807) is 54.6 Å². The van der Waals surface area contributed by atoms with Gasteiger partial charge in [0.15, 0.2) is 9.84 Å². The summed E-state index contributed by atoms with van der Waals surface area (Å²) in [6.45, 7) is 0. The number of hydrogen-bond donors (Lipinski definition) is 1. The lowest BCUT2D eigenvalue weighted by molar-refractivity contribution is 0.0992. The van der Waals surface area contributed by atoms with Crippen molar-refractivity contribution < 1.29 is 17.9 Å². The molecule has 0 spiro atoms. The highest BCUT2D eigenvalue weighted by Gasteiger charge is 2.22. The van der Waals surface area contributed by atoms with E-state index in [0.29, 0.717) is 22.6 Å². The number of nitrogens with one attached hydrogen (secondary N) is 1. The van der Waals surface area contributed by atoms with Gasteiger partial charge in [-0.15, -0.1) is 0 Å². The number of ether oxygens (including phenoxy) is 1. The van der Waals surface area contributed by atoms with Gasteiger partial charge in [-0.2, -0.15) is 0 Å². The van der Waals surface area contributed by atoms with E-state index < -0.39 is 9.84 Å². The summed E-state index contributed by atoms with van der Waals surface area (Å²) in [7, 11) is -3.33. The molecule has 160 valence electrons. The average molecular weight is 436 g/mol. The van der Waals surface area contributed by atoms with Gasteiger partial charge >= 0.3 is 0 Å². The quantitative estimate of drug-likeness (QED) is 0.541. The van der Waals surface area contributed by atoms with E-state index in [-0.39, 0.29) is 23.5 Å². The molecular formula is C25H25NO4S. The molecule has 0 saturated heterocycles. The van der Waals surface area contributed by atoms with Crippen LogP contribution in [0.3, 0.4) is 0 Å². The first-order valence-electron chi connectivity index (χ1n) is 10.4. The van der Waals surface area contributed by atoms with Crippen LogP contribution in [0.25, 0.3) is 0 Å². The number of carbonyl (C=O) groups is 1. The second kappa shape index (κ2) is 9.35. The van der Waals surface area contributed by atoms with E-state index in [1.807, 2.05) is 24.3 Å². The van der Waals surface area contributed by atoms with Crippen LogP contribution in [0.4, 0.5) is 5.69 Å². The number of sulfone groups is 1. The van der Waals surface area contributed by atoms with Crippen molar-refractivity contribution >= 4 is 21.4 Å². The van der Waals surface area contributed by atoms with E-state index >= 15 is 0 Å². The number of anilines is 1. The maximum atomic E-state index is 12.9. The molecule has 0 aliphatic heterocycles. The van der Waals surface area contributed by atoms with Gasteiger partial charge in [-0.1, -0.05) is 54.6 Å². The molecule has 1 aliphatic rings. The van der Waals surface area contributed by atoms with Crippen LogP contribution in [0.2, 0.25) is 0 Å². The van der Waals surface area contributed by atoms with Gasteiger partial charge in [-0.05, 0) is 54.7 Å². The summed E-state index contributed by atoms with van der Waals surface area (Å²) >= 11 is 0. The molecule has 1 amide bonds. The first-order valence-corrected chi connectivity index (χ1v) is 12.2. The Labute approximate surface area is 183 Å². The second-order valence-electron chi connectivity index (χ2n) is 7.84. The zero-order valence-electron chi connectivity index (χ0n) is 17.2. The van der Waals surface area contributed by atoms with Crippen molar-refractivity contribution in [3.8, 4) is 5.75 Å². The lowest BCUT2D eigenvalue weighted by Crippen LogP contribution is -2.26. The fourth-order valence-corrected chi connectivity index (χ4v) is 4.99. The van der Waals surface area contributed by atoms with Gasteiger partial charge in [-0.3, -0.25) is 4.79 Å². The Balaban J connectivity index is 1.44. The molecule has 4 rings (SSSR count). The summed E-state index contributed by atoms with van der Waals surface area (Å²) < 4.78 is 31.1. The van der Waals surface area contributed by atoms with Crippen molar-refractivity contribution in [2.24, 2.45) is 0 Å². The van der Waals surface area contributed by atoms with Crippen LogP contribution in [0.15, 0.2) is 78.9 Å². The number of amides is 1. The molecule has 1 aliphatic carbocycles. The Morgan fingerprint density at radius 1 is 0.871 bits per heavy atom. The van der Waals surface area contributed by atoms with Crippen LogP contribution in [-0.4, -0.2) is 20.4 Å². The van der Waals surface area contributed by atoms with Crippen LogP contribution >= 0.6 is 0 Å². The zero-order valence-corrected chi connectivity index (χ0v) is 18.0. The Kier molecular flexibility index (Phi) is 6.37. The minimum Gasteiger partial charge on any atom is -0.490 e. The predicted molar refractivity (Wildman–Crippen MR) is 122 cm³/mol. The van der Waals surface area contributed by atoms with Crippen molar-refractivity contribution in [1.82, 2.24) is 0 Å². The highest BCUT2D eigenvalue weighted by atomic mass is 32.2. The minimum atomic E-state index is -3.33. The van der Waals surface area contributed by atoms with Crippen LogP contribution in [0, 0.1) is 0 Å². The number of para-hydroxylation sites is 1. The summed E-state index contributed by atoms with van der Waals surface area (Å²) in [6.07, 6.45) is 3.34. The van der Waals surface area contributed by atoms with E-state index in [9.17, 15) is 13.2 Å².